The molecule has 0 fully saturated rings. The van der Waals surface area contributed by atoms with E-state index in [2.05, 4.69) is 0 Å². The number of aromatic hydroxyl groups is 1. The molecule has 1 aromatic rings. The van der Waals surface area contributed by atoms with Gasteiger partial charge in [0, 0.05) is 0 Å². The van der Waals surface area contributed by atoms with Crippen molar-refractivity contribution in [2.45, 2.75) is 0 Å². The van der Waals surface area contributed by atoms with Gasteiger partial charge in [-0.1, -0.05) is 18.2 Å². The molecule has 1 rings (SSSR count). The Bertz CT molecular complexity index is 144. The quantitative estimate of drug-likeness (QED) is 0.519. The van der Waals surface area contributed by atoms with Gasteiger partial charge in [0.05, 0.1) is 0 Å². The fourth-order valence-corrected chi connectivity index (χ4v) is 0.428. The molecule has 0 amide bonds. The minimum atomic E-state index is 0. The summed E-state index contributed by atoms with van der Waals surface area (Å²) in [6.07, 6.45) is 0. The Labute approximate surface area is 88.8 Å². The first kappa shape index (κ1) is 17.7. The Kier molecular flexibility index (Phi) is 25.1. The minimum Gasteiger partial charge on any atom is -0.857 e. The third kappa shape index (κ3) is 12.4. The molecule has 0 saturated carbocycles. The summed E-state index contributed by atoms with van der Waals surface area (Å²) in [5.41, 5.74) is 0. The molecule has 0 unspecified atom stereocenters. The largest absolute Gasteiger partial charge is 2.00 e. The third-order valence-corrected chi connectivity index (χ3v) is 0.756. The number of benzene rings is 1. The van der Waals surface area contributed by atoms with E-state index in [-0.39, 0.29) is 23.1 Å². The van der Waals surface area contributed by atoms with Crippen LogP contribution in [0.15, 0.2) is 30.3 Å². The maximum Gasteiger partial charge on any atom is 2.00 e. The van der Waals surface area contributed by atoms with Crippen LogP contribution in [0.3, 0.4) is 0 Å². The van der Waals surface area contributed by atoms with Gasteiger partial charge >= 0.3 is 23.1 Å². The first-order valence-corrected chi connectivity index (χ1v) is 2.95. The Hall–Kier alpha value is -0.294. The van der Waals surface area contributed by atoms with Crippen LogP contribution in [0.1, 0.15) is 0 Å². The monoisotopic (exact) mass is 180 g/mol. The zero-order valence-corrected chi connectivity index (χ0v) is 8.77. The molecule has 12 heavy (non-hydrogen) atoms. The molecule has 64 valence electrons. The topological polar surface area (TPSA) is 66.3 Å². The Morgan fingerprint density at radius 3 is 1.42 bits per heavy atom. The van der Waals surface area contributed by atoms with Crippen LogP contribution >= 0.6 is 0 Å². The van der Waals surface area contributed by atoms with Crippen molar-refractivity contribution in [2.24, 2.45) is 0 Å². The summed E-state index contributed by atoms with van der Waals surface area (Å²) in [4.78, 5) is 0. The number of phenols is 1. The van der Waals surface area contributed by atoms with E-state index in [9.17, 15) is 0 Å². The molecule has 0 saturated heterocycles. The molecule has 0 heterocycles. The molecular weight excluding hydrogens is 168 g/mol. The summed E-state index contributed by atoms with van der Waals surface area (Å²) in [7, 11) is 1.50. The van der Waals surface area contributed by atoms with Crippen LogP contribution in [0.2, 0.25) is 0 Å². The Morgan fingerprint density at radius 1 is 0.917 bits per heavy atom. The normalized spacial score (nSPS) is 6.00. The van der Waals surface area contributed by atoms with E-state index < -0.39 is 0 Å². The molecule has 0 spiro atoms. The molecular formula is C8H12MgO3. The second kappa shape index (κ2) is 17.0. The van der Waals surface area contributed by atoms with Crippen LogP contribution in [0, 0.1) is 0 Å². The van der Waals surface area contributed by atoms with Gasteiger partial charge in [-0.15, -0.1) is 0 Å². The summed E-state index contributed by atoms with van der Waals surface area (Å²) < 4.78 is 0. The van der Waals surface area contributed by atoms with E-state index in [0.717, 1.165) is 14.2 Å². The Balaban J connectivity index is -0.000000144. The SMILES string of the molecule is C[O-].C[O-].Oc1ccccc1.[Mg+2]. The molecule has 1 N–H and O–H groups in total. The summed E-state index contributed by atoms with van der Waals surface area (Å²) in [6.45, 7) is 0. The molecule has 0 aromatic heterocycles. The van der Waals surface area contributed by atoms with E-state index in [1.165, 1.54) is 0 Å². The molecule has 0 radical (unpaired) electrons. The van der Waals surface area contributed by atoms with Gasteiger partial charge in [0.15, 0.2) is 0 Å². The molecule has 3 nitrogen and oxygen atoms in total. The van der Waals surface area contributed by atoms with Crippen LogP contribution < -0.4 is 10.2 Å². The van der Waals surface area contributed by atoms with Crippen molar-refractivity contribution in [1.82, 2.24) is 0 Å². The second-order valence-corrected chi connectivity index (χ2v) is 1.34. The van der Waals surface area contributed by atoms with Gasteiger partial charge in [-0.2, -0.15) is 14.2 Å². The van der Waals surface area contributed by atoms with E-state index in [1.807, 2.05) is 6.07 Å². The van der Waals surface area contributed by atoms with Gasteiger partial charge in [-0.3, -0.25) is 0 Å². The molecule has 4 heteroatoms. The molecule has 0 aliphatic heterocycles. The predicted molar refractivity (Wildman–Crippen MR) is 45.7 cm³/mol. The van der Waals surface area contributed by atoms with Gasteiger partial charge < -0.3 is 15.3 Å². The van der Waals surface area contributed by atoms with Crippen molar-refractivity contribution in [1.29, 1.82) is 0 Å². The van der Waals surface area contributed by atoms with Gasteiger partial charge in [0.2, 0.25) is 0 Å². The third-order valence-electron chi connectivity index (χ3n) is 0.756. The first-order chi connectivity index (χ1) is 5.39. The van der Waals surface area contributed by atoms with E-state index in [1.54, 1.807) is 24.3 Å². The van der Waals surface area contributed by atoms with Crippen molar-refractivity contribution >= 4 is 23.1 Å². The summed E-state index contributed by atoms with van der Waals surface area (Å²) in [6, 6.07) is 8.71. The van der Waals surface area contributed by atoms with Gasteiger partial charge in [-0.05, 0) is 12.1 Å². The van der Waals surface area contributed by atoms with Gasteiger partial charge in [-0.25, -0.2) is 0 Å². The van der Waals surface area contributed by atoms with Crippen molar-refractivity contribution in [3.05, 3.63) is 30.3 Å². The summed E-state index contributed by atoms with van der Waals surface area (Å²) in [5.74, 6) is 0.322. The maximum atomic E-state index is 8.63. The zero-order valence-electron chi connectivity index (χ0n) is 7.36. The van der Waals surface area contributed by atoms with Crippen molar-refractivity contribution in [3.8, 4) is 5.75 Å². The average molecular weight is 180 g/mol. The number of hydrogen-bond donors (Lipinski definition) is 1. The van der Waals surface area contributed by atoms with Crippen molar-refractivity contribution in [2.75, 3.05) is 14.2 Å². The molecule has 0 aliphatic rings. The van der Waals surface area contributed by atoms with E-state index >= 15 is 0 Å². The van der Waals surface area contributed by atoms with Crippen LogP contribution in [0.5, 0.6) is 5.75 Å². The number of hydrogen-bond acceptors (Lipinski definition) is 3. The average Bonchev–Trinajstić information content (AvgIpc) is 2.13. The van der Waals surface area contributed by atoms with Crippen LogP contribution in [0.4, 0.5) is 0 Å². The van der Waals surface area contributed by atoms with Crippen LogP contribution in [-0.2, 0) is 0 Å². The van der Waals surface area contributed by atoms with Crippen molar-refractivity contribution in [3.63, 3.8) is 0 Å². The fourth-order valence-electron chi connectivity index (χ4n) is 0.428. The Morgan fingerprint density at radius 2 is 1.25 bits per heavy atom. The maximum absolute atomic E-state index is 8.63. The minimum absolute atomic E-state index is 0. The number of phenolic OH excluding ortho intramolecular Hbond substituents is 1. The van der Waals surface area contributed by atoms with Gasteiger partial charge in [0.25, 0.3) is 0 Å². The molecule has 1 aromatic carbocycles. The summed E-state index contributed by atoms with van der Waals surface area (Å²) >= 11 is 0. The van der Waals surface area contributed by atoms with Crippen LogP contribution in [-0.4, -0.2) is 42.4 Å². The van der Waals surface area contributed by atoms with Crippen LogP contribution in [0.25, 0.3) is 0 Å². The molecule has 0 bridgehead atoms. The van der Waals surface area contributed by atoms with E-state index in [4.69, 9.17) is 15.3 Å². The second-order valence-electron chi connectivity index (χ2n) is 1.34. The van der Waals surface area contributed by atoms with E-state index in [0.29, 0.717) is 5.75 Å². The van der Waals surface area contributed by atoms with Gasteiger partial charge in [0.1, 0.15) is 5.75 Å². The zero-order chi connectivity index (χ0) is 9.11. The first-order valence-electron chi connectivity index (χ1n) is 2.95. The molecule has 0 aliphatic carbocycles. The van der Waals surface area contributed by atoms with Crippen molar-refractivity contribution < 1.29 is 15.3 Å². The fraction of sp³-hybridized carbons (Fsp3) is 0.250. The standard InChI is InChI=1S/C6H6O.2CH3O.Mg/c7-6-4-2-1-3-5-6;2*1-2;/h1-5,7H;2*1H3;/q;2*-1;+2. The smallest absolute Gasteiger partial charge is 0.857 e. The number of rotatable bonds is 0. The summed E-state index contributed by atoms with van der Waals surface area (Å²) in [5, 5.41) is 25.1. The number of para-hydroxylation sites is 1. The predicted octanol–water partition coefficient (Wildman–Crippen LogP) is -1.04. The molecule has 0 atom stereocenters.